The molecule has 0 aliphatic carbocycles. The van der Waals surface area contributed by atoms with Crippen molar-refractivity contribution in [2.45, 2.75) is 58.3 Å². The molecule has 0 saturated heterocycles. The van der Waals surface area contributed by atoms with Crippen LogP contribution in [0.25, 0.3) is 0 Å². The molecule has 1 atom stereocenters. The van der Waals surface area contributed by atoms with Crippen LogP contribution in [0.5, 0.6) is 0 Å². The second-order valence-corrected chi connectivity index (χ2v) is 3.80. The van der Waals surface area contributed by atoms with Crippen molar-refractivity contribution in [3.63, 3.8) is 0 Å². The lowest BCUT2D eigenvalue weighted by atomic mass is 10.2. The monoisotopic (exact) mass is 225 g/mol. The van der Waals surface area contributed by atoms with E-state index in [1.807, 2.05) is 24.3 Å². The normalized spacial score (nSPS) is 14.4. The molecule has 2 nitrogen and oxygen atoms in total. The highest BCUT2D eigenvalue weighted by Crippen LogP contribution is 2.01. The number of carbonyl (C=O) groups is 1. The summed E-state index contributed by atoms with van der Waals surface area (Å²) >= 11 is 0. The minimum Gasteiger partial charge on any atom is -0.481 e. The molecule has 0 aromatic rings. The quantitative estimate of drug-likeness (QED) is 0.444. The van der Waals surface area contributed by atoms with Gasteiger partial charge in [0.15, 0.2) is 0 Å². The van der Waals surface area contributed by atoms with E-state index in [2.05, 4.69) is 6.92 Å². The van der Waals surface area contributed by atoms with Crippen molar-refractivity contribution >= 4 is 5.97 Å². The van der Waals surface area contributed by atoms with Gasteiger partial charge in [0.25, 0.3) is 0 Å². The van der Waals surface area contributed by atoms with Crippen LogP contribution >= 0.6 is 0 Å². The van der Waals surface area contributed by atoms with E-state index < -0.39 is 5.97 Å². The average molecular weight is 225 g/mol. The lowest BCUT2D eigenvalue weighted by molar-refractivity contribution is -0.137. The molecule has 0 heterocycles. The van der Waals surface area contributed by atoms with Crippen molar-refractivity contribution in [3.05, 3.63) is 24.3 Å². The number of rotatable bonds is 10. The van der Waals surface area contributed by atoms with Gasteiger partial charge in [0.2, 0.25) is 0 Å². The van der Waals surface area contributed by atoms with Gasteiger partial charge < -0.3 is 5.11 Å². The molecule has 2 heteroatoms. The molecule has 16 heavy (non-hydrogen) atoms. The van der Waals surface area contributed by atoms with Gasteiger partial charge in [-0.2, -0.15) is 0 Å². The molecular formula is C14H24O2. The Morgan fingerprint density at radius 2 is 1.94 bits per heavy atom. The Kier molecular flexibility index (Phi) is 9.78. The first kappa shape index (κ1) is 13.0. The molecule has 0 aromatic carbocycles. The van der Waals surface area contributed by atoms with Crippen LogP contribution in [0.2, 0.25) is 0 Å². The maximum Gasteiger partial charge on any atom is 0.303 e. The van der Waals surface area contributed by atoms with E-state index >= 15 is 0 Å². The van der Waals surface area contributed by atoms with E-state index in [1.165, 1.54) is 0 Å². The van der Waals surface area contributed by atoms with Gasteiger partial charge in [-0.25, -0.2) is 0 Å². The van der Waals surface area contributed by atoms with Gasteiger partial charge >= 0.3 is 5.97 Å². The summed E-state index contributed by atoms with van der Waals surface area (Å²) in [7, 11) is 0. The topological polar surface area (TPSA) is 37.3 Å². The molecule has 92 valence electrons. The Balaban J connectivity index is 3.44. The maximum absolute atomic E-state index is 10.2. The fourth-order valence-corrected chi connectivity index (χ4v) is 1.26. The van der Waals surface area contributed by atoms with Crippen LogP contribution in [-0.2, 0) is 4.79 Å². The zero-order chi connectivity index (χ0) is 12.9. The molecule has 0 radical (unpaired) electrons. The Morgan fingerprint density at radius 1 is 1.19 bits per heavy atom. The van der Waals surface area contributed by atoms with E-state index in [9.17, 15) is 4.79 Å². The third-order valence-corrected chi connectivity index (χ3v) is 2.20. The Morgan fingerprint density at radius 3 is 2.62 bits per heavy atom. The highest BCUT2D eigenvalue weighted by atomic mass is 16.4. The van der Waals surface area contributed by atoms with Crippen LogP contribution in [0.4, 0.5) is 0 Å². The van der Waals surface area contributed by atoms with E-state index in [-0.39, 0.29) is 12.8 Å². The van der Waals surface area contributed by atoms with Crippen LogP contribution in [0.3, 0.4) is 0 Å². The number of allylic oxidation sites excluding steroid dienone is 4. The maximum atomic E-state index is 10.2. The van der Waals surface area contributed by atoms with Crippen molar-refractivity contribution in [1.82, 2.24) is 0 Å². The number of carboxylic acid groups (broad SMARTS) is 1. The van der Waals surface area contributed by atoms with Crippen LogP contribution < -0.4 is 0 Å². The number of unbranched alkanes of at least 4 members (excludes halogenated alkanes) is 2. The standard InChI is InChI=1S/C14H24O2/c1-2-3-4-5-6-7-8-9-10-11-12-13-14(15)16/h6-7,9-10H,2-5,8,11-13H2,1H3,(H,15,16)/b7-6-,10-9-/i5D. The third kappa shape index (κ3) is 12.9. The molecule has 0 saturated carbocycles. The molecule has 1 unspecified atom stereocenters. The number of hydrogen-bond acceptors (Lipinski definition) is 1. The SMILES string of the molecule is [2H]C(/C=C\C/C=C\CCCC(=O)O)CCCC. The minimum absolute atomic E-state index is 0.0737. The molecule has 0 fully saturated rings. The molecular weight excluding hydrogens is 200 g/mol. The molecule has 0 aliphatic heterocycles. The Hall–Kier alpha value is -1.05. The molecule has 0 amide bonds. The largest absolute Gasteiger partial charge is 0.481 e. The third-order valence-electron chi connectivity index (χ3n) is 2.20. The first-order valence-electron chi connectivity index (χ1n) is 6.70. The molecule has 0 rings (SSSR count). The van der Waals surface area contributed by atoms with Crippen molar-refractivity contribution in [3.8, 4) is 0 Å². The van der Waals surface area contributed by atoms with Gasteiger partial charge in [-0.3, -0.25) is 4.79 Å². The second kappa shape index (κ2) is 12.0. The molecule has 0 bridgehead atoms. The van der Waals surface area contributed by atoms with E-state index in [1.54, 1.807) is 0 Å². The summed E-state index contributed by atoms with van der Waals surface area (Å²) in [6.45, 7) is 2.14. The Labute approximate surface area is 100 Å². The summed E-state index contributed by atoms with van der Waals surface area (Å²) in [4.78, 5) is 10.2. The summed E-state index contributed by atoms with van der Waals surface area (Å²) < 4.78 is 7.69. The second-order valence-electron chi connectivity index (χ2n) is 3.80. The zero-order valence-corrected chi connectivity index (χ0v) is 10.2. The summed E-state index contributed by atoms with van der Waals surface area (Å²) in [5.74, 6) is -0.730. The number of aliphatic carboxylic acids is 1. The van der Waals surface area contributed by atoms with Gasteiger partial charge in [-0.1, -0.05) is 44.1 Å². The fraction of sp³-hybridized carbons (Fsp3) is 0.643. The van der Waals surface area contributed by atoms with Crippen LogP contribution in [0, 0.1) is 0 Å². The number of carboxylic acids is 1. The lowest BCUT2D eigenvalue weighted by Crippen LogP contribution is -1.92. The summed E-state index contributed by atoms with van der Waals surface area (Å²) in [5, 5.41) is 8.43. The smallest absolute Gasteiger partial charge is 0.303 e. The summed E-state index contributed by atoms with van der Waals surface area (Å²) in [6.07, 6.45) is 13.7. The van der Waals surface area contributed by atoms with Gasteiger partial charge in [0, 0.05) is 7.79 Å². The predicted molar refractivity (Wildman–Crippen MR) is 68.5 cm³/mol. The van der Waals surface area contributed by atoms with E-state index in [0.717, 1.165) is 32.1 Å². The molecule has 0 spiro atoms. The van der Waals surface area contributed by atoms with Crippen LogP contribution in [-0.4, -0.2) is 11.1 Å². The number of hydrogen-bond donors (Lipinski definition) is 1. The summed E-state index contributed by atoms with van der Waals surface area (Å²) in [6, 6.07) is 0. The lowest BCUT2D eigenvalue weighted by Gasteiger charge is -1.91. The van der Waals surface area contributed by atoms with Gasteiger partial charge in [0.1, 0.15) is 0 Å². The molecule has 1 N–H and O–H groups in total. The van der Waals surface area contributed by atoms with E-state index in [0.29, 0.717) is 6.42 Å². The zero-order valence-electron chi connectivity index (χ0n) is 11.2. The first-order chi connectivity index (χ1) is 8.16. The Bertz CT molecular complexity index is 247. The van der Waals surface area contributed by atoms with Crippen molar-refractivity contribution in [2.24, 2.45) is 0 Å². The summed E-state index contributed by atoms with van der Waals surface area (Å²) in [5.41, 5.74) is 0. The van der Waals surface area contributed by atoms with Gasteiger partial charge in [0.05, 0.1) is 0 Å². The molecule has 0 aromatic heterocycles. The molecule has 0 aliphatic rings. The minimum atomic E-state index is -0.730. The fourth-order valence-electron chi connectivity index (χ4n) is 1.26. The highest BCUT2D eigenvalue weighted by Gasteiger charge is 1.92. The van der Waals surface area contributed by atoms with Crippen LogP contribution in [0.15, 0.2) is 24.3 Å². The van der Waals surface area contributed by atoms with Gasteiger partial charge in [-0.05, 0) is 32.1 Å². The van der Waals surface area contributed by atoms with Crippen molar-refractivity contribution in [2.75, 3.05) is 0 Å². The predicted octanol–water partition coefficient (Wildman–Crippen LogP) is 4.32. The van der Waals surface area contributed by atoms with Gasteiger partial charge in [-0.15, -0.1) is 0 Å². The van der Waals surface area contributed by atoms with Crippen LogP contribution in [0.1, 0.15) is 59.6 Å². The first-order valence-corrected chi connectivity index (χ1v) is 6.12. The average Bonchev–Trinajstić information content (AvgIpc) is 2.29. The van der Waals surface area contributed by atoms with Crippen molar-refractivity contribution in [1.29, 1.82) is 0 Å². The van der Waals surface area contributed by atoms with Crippen molar-refractivity contribution < 1.29 is 11.3 Å². The highest BCUT2D eigenvalue weighted by molar-refractivity contribution is 5.66. The van der Waals surface area contributed by atoms with E-state index in [4.69, 9.17) is 6.48 Å².